The van der Waals surface area contributed by atoms with Gasteiger partial charge in [-0.05, 0) is 30.2 Å². The Morgan fingerprint density at radius 3 is 2.69 bits per heavy atom. The average molecular weight is 236 g/mol. The van der Waals surface area contributed by atoms with Crippen molar-refractivity contribution in [3.63, 3.8) is 0 Å². The van der Waals surface area contributed by atoms with E-state index in [2.05, 4.69) is 17.0 Å². The summed E-state index contributed by atoms with van der Waals surface area (Å²) in [6.07, 6.45) is 3.15. The first-order chi connectivity index (χ1) is 7.81. The highest BCUT2D eigenvalue weighted by molar-refractivity contribution is 6.28. The van der Waals surface area contributed by atoms with Crippen molar-refractivity contribution in [2.24, 2.45) is 0 Å². The lowest BCUT2D eigenvalue weighted by atomic mass is 10.2. The van der Waals surface area contributed by atoms with E-state index < -0.39 is 0 Å². The molecule has 1 aromatic heterocycles. The Morgan fingerprint density at radius 1 is 1.25 bits per heavy atom. The molecule has 1 aromatic carbocycles. The molecule has 0 aliphatic carbocycles. The van der Waals surface area contributed by atoms with E-state index in [0.29, 0.717) is 5.28 Å². The molecule has 0 radical (unpaired) electrons. The summed E-state index contributed by atoms with van der Waals surface area (Å²) in [5, 5.41) is 4.52. The van der Waals surface area contributed by atoms with Gasteiger partial charge in [0, 0.05) is 6.42 Å². The molecule has 0 bridgehead atoms. The van der Waals surface area contributed by atoms with Gasteiger partial charge in [-0.25, -0.2) is 9.67 Å². The number of para-hydroxylation sites is 1. The molecule has 1 heterocycles. The van der Waals surface area contributed by atoms with Gasteiger partial charge in [0.05, 0.1) is 5.69 Å². The summed E-state index contributed by atoms with van der Waals surface area (Å²) in [5.41, 5.74) is 1.01. The van der Waals surface area contributed by atoms with Crippen LogP contribution in [0.5, 0.6) is 0 Å². The number of unbranched alkanes of at least 4 members (excludes halogenated alkanes) is 1. The highest BCUT2D eigenvalue weighted by atomic mass is 35.5. The van der Waals surface area contributed by atoms with Crippen LogP contribution < -0.4 is 0 Å². The predicted octanol–water partition coefficient (Wildman–Crippen LogP) is 3.26. The van der Waals surface area contributed by atoms with E-state index >= 15 is 0 Å². The number of aromatic nitrogens is 3. The first kappa shape index (κ1) is 11.1. The average Bonchev–Trinajstić information content (AvgIpc) is 2.69. The first-order valence-corrected chi connectivity index (χ1v) is 5.86. The fourth-order valence-corrected chi connectivity index (χ4v) is 1.76. The van der Waals surface area contributed by atoms with Gasteiger partial charge in [-0.15, -0.1) is 5.10 Å². The van der Waals surface area contributed by atoms with Gasteiger partial charge in [-0.2, -0.15) is 0 Å². The van der Waals surface area contributed by atoms with Crippen molar-refractivity contribution >= 4 is 11.6 Å². The van der Waals surface area contributed by atoms with Crippen LogP contribution in [0.3, 0.4) is 0 Å². The zero-order valence-electron chi connectivity index (χ0n) is 9.23. The van der Waals surface area contributed by atoms with Crippen LogP contribution in [0.25, 0.3) is 5.69 Å². The second-order valence-corrected chi connectivity index (χ2v) is 3.99. The molecule has 2 aromatic rings. The molecule has 16 heavy (non-hydrogen) atoms. The topological polar surface area (TPSA) is 30.7 Å². The van der Waals surface area contributed by atoms with Crippen molar-refractivity contribution in [1.82, 2.24) is 14.8 Å². The Labute approximate surface area is 100 Å². The summed E-state index contributed by atoms with van der Waals surface area (Å²) >= 11 is 5.85. The van der Waals surface area contributed by atoms with Crippen molar-refractivity contribution in [2.75, 3.05) is 0 Å². The molecule has 0 saturated carbocycles. The minimum atomic E-state index is 0.315. The molecule has 4 heteroatoms. The Kier molecular flexibility index (Phi) is 3.57. The Morgan fingerprint density at radius 2 is 2.00 bits per heavy atom. The second-order valence-electron chi connectivity index (χ2n) is 3.65. The molecule has 0 aliphatic rings. The van der Waals surface area contributed by atoms with E-state index in [4.69, 9.17) is 11.6 Å². The second kappa shape index (κ2) is 5.12. The van der Waals surface area contributed by atoms with Crippen LogP contribution in [0.1, 0.15) is 25.6 Å². The van der Waals surface area contributed by atoms with Gasteiger partial charge in [0.15, 0.2) is 0 Å². The van der Waals surface area contributed by atoms with Crippen molar-refractivity contribution in [3.05, 3.63) is 41.4 Å². The number of hydrogen-bond acceptors (Lipinski definition) is 2. The third-order valence-electron chi connectivity index (χ3n) is 2.40. The number of nitrogens with zero attached hydrogens (tertiary/aromatic N) is 3. The van der Waals surface area contributed by atoms with E-state index in [1.807, 2.05) is 35.0 Å². The molecular formula is C12H14ClN3. The Hall–Kier alpha value is -1.35. The zero-order chi connectivity index (χ0) is 11.4. The van der Waals surface area contributed by atoms with Gasteiger partial charge in [-0.3, -0.25) is 0 Å². The van der Waals surface area contributed by atoms with Crippen LogP contribution >= 0.6 is 11.6 Å². The highest BCUT2D eigenvalue weighted by Gasteiger charge is 2.09. The molecule has 0 unspecified atom stereocenters. The molecular weight excluding hydrogens is 222 g/mol. The van der Waals surface area contributed by atoms with Crippen LogP contribution in [0, 0.1) is 0 Å². The summed E-state index contributed by atoms with van der Waals surface area (Å²) in [6, 6.07) is 9.94. The lowest BCUT2D eigenvalue weighted by Crippen LogP contribution is -2.02. The quantitative estimate of drug-likeness (QED) is 0.815. The van der Waals surface area contributed by atoms with E-state index in [-0.39, 0.29) is 0 Å². The maximum Gasteiger partial charge on any atom is 0.243 e. The largest absolute Gasteiger partial charge is 0.243 e. The van der Waals surface area contributed by atoms with Crippen LogP contribution in [0.15, 0.2) is 30.3 Å². The van der Waals surface area contributed by atoms with Crippen LogP contribution in [-0.2, 0) is 6.42 Å². The maximum absolute atomic E-state index is 5.85. The first-order valence-electron chi connectivity index (χ1n) is 5.48. The molecule has 0 atom stereocenters. The van der Waals surface area contributed by atoms with Gasteiger partial charge in [0.1, 0.15) is 5.82 Å². The number of aryl methyl sites for hydroxylation is 1. The van der Waals surface area contributed by atoms with Crippen molar-refractivity contribution in [3.8, 4) is 5.69 Å². The summed E-state index contributed by atoms with van der Waals surface area (Å²) in [6.45, 7) is 2.16. The number of rotatable bonds is 4. The monoisotopic (exact) mass is 235 g/mol. The van der Waals surface area contributed by atoms with Crippen LogP contribution in [-0.4, -0.2) is 14.8 Å². The molecule has 0 amide bonds. The van der Waals surface area contributed by atoms with Crippen LogP contribution in [0.4, 0.5) is 0 Å². The molecule has 0 spiro atoms. The van der Waals surface area contributed by atoms with E-state index in [0.717, 1.165) is 30.8 Å². The minimum absolute atomic E-state index is 0.315. The maximum atomic E-state index is 5.85. The fourth-order valence-electron chi connectivity index (χ4n) is 1.59. The normalized spacial score (nSPS) is 10.6. The fraction of sp³-hybridized carbons (Fsp3) is 0.333. The molecule has 0 fully saturated rings. The van der Waals surface area contributed by atoms with E-state index in [9.17, 15) is 0 Å². The van der Waals surface area contributed by atoms with Gasteiger partial charge in [-0.1, -0.05) is 31.5 Å². The number of hydrogen-bond donors (Lipinski definition) is 0. The minimum Gasteiger partial charge on any atom is -0.216 e. The van der Waals surface area contributed by atoms with E-state index in [1.54, 1.807) is 0 Å². The van der Waals surface area contributed by atoms with Crippen molar-refractivity contribution < 1.29 is 0 Å². The summed E-state index contributed by atoms with van der Waals surface area (Å²) in [5.74, 6) is 0.929. The van der Waals surface area contributed by atoms with Gasteiger partial charge in [0.25, 0.3) is 0 Å². The van der Waals surface area contributed by atoms with Crippen LogP contribution in [0.2, 0.25) is 5.28 Å². The number of benzene rings is 1. The smallest absolute Gasteiger partial charge is 0.216 e. The number of halogens is 1. The molecule has 3 nitrogen and oxygen atoms in total. The summed E-state index contributed by atoms with van der Waals surface area (Å²) < 4.78 is 1.82. The highest BCUT2D eigenvalue weighted by Crippen LogP contribution is 2.13. The lowest BCUT2D eigenvalue weighted by Gasteiger charge is -2.04. The van der Waals surface area contributed by atoms with Crippen molar-refractivity contribution in [1.29, 1.82) is 0 Å². The predicted molar refractivity (Wildman–Crippen MR) is 65.0 cm³/mol. The Bertz CT molecular complexity index is 451. The Balaban J connectivity index is 2.33. The zero-order valence-corrected chi connectivity index (χ0v) is 9.98. The molecule has 84 valence electrons. The standard InChI is InChI=1S/C12H14ClN3/c1-2-3-9-11-14-12(13)15-16(11)10-7-5-4-6-8-10/h4-8H,2-3,9H2,1H3. The van der Waals surface area contributed by atoms with Gasteiger partial charge < -0.3 is 0 Å². The third kappa shape index (κ3) is 2.42. The summed E-state index contributed by atoms with van der Waals surface area (Å²) in [7, 11) is 0. The molecule has 0 saturated heterocycles. The van der Waals surface area contributed by atoms with E-state index in [1.165, 1.54) is 0 Å². The molecule has 0 N–H and O–H groups in total. The SMILES string of the molecule is CCCCc1nc(Cl)nn1-c1ccccc1. The van der Waals surface area contributed by atoms with Crippen molar-refractivity contribution in [2.45, 2.75) is 26.2 Å². The lowest BCUT2D eigenvalue weighted by molar-refractivity contribution is 0.714. The molecule has 2 rings (SSSR count). The third-order valence-corrected chi connectivity index (χ3v) is 2.56. The molecule has 0 aliphatic heterocycles. The van der Waals surface area contributed by atoms with Gasteiger partial charge >= 0.3 is 0 Å². The summed E-state index contributed by atoms with van der Waals surface area (Å²) in [4.78, 5) is 4.24. The van der Waals surface area contributed by atoms with Gasteiger partial charge in [0.2, 0.25) is 5.28 Å².